The van der Waals surface area contributed by atoms with Crippen LogP contribution in [0.1, 0.15) is 20.7 Å². The van der Waals surface area contributed by atoms with Gasteiger partial charge >= 0.3 is 0 Å². The first-order valence-electron chi connectivity index (χ1n) is 14.5. The fourth-order valence-corrected chi connectivity index (χ4v) is 5.71. The second-order valence-electron chi connectivity index (χ2n) is 10.6. The van der Waals surface area contributed by atoms with Gasteiger partial charge in [0.15, 0.2) is 0 Å². The van der Waals surface area contributed by atoms with Crippen molar-refractivity contribution in [1.82, 2.24) is 9.97 Å². The first-order valence-corrected chi connectivity index (χ1v) is 15.2. The van der Waals surface area contributed by atoms with E-state index in [1.54, 1.807) is 66.7 Å². The number of nitrogens with one attached hydrogen (secondary N) is 2. The standard InChI is InChI=1S/C38H24Cl2N4O2/c39-29-15-7-9-17-31(29)43-37(45)27-20-33(23-11-3-1-4-12-23)41-35-22-36-26(19-25(27)35)28(21-34(42-36)24-13-5-2-6-14-24)38(46)44-32-18-10-8-16-30(32)40/h1-22H,(H,43,45)(H,44,46). The van der Waals surface area contributed by atoms with Crippen molar-refractivity contribution in [2.75, 3.05) is 10.6 Å². The summed E-state index contributed by atoms with van der Waals surface area (Å²) in [7, 11) is 0. The number of fused-ring (bicyclic) bond motifs is 2. The molecule has 7 aromatic rings. The van der Waals surface area contributed by atoms with Gasteiger partial charge in [0.1, 0.15) is 0 Å². The lowest BCUT2D eigenvalue weighted by molar-refractivity contribution is 0.102. The van der Waals surface area contributed by atoms with Gasteiger partial charge in [-0.25, -0.2) is 9.97 Å². The monoisotopic (exact) mass is 638 g/mol. The maximum Gasteiger partial charge on any atom is 0.256 e. The van der Waals surface area contributed by atoms with E-state index in [4.69, 9.17) is 33.2 Å². The molecule has 0 saturated heterocycles. The van der Waals surface area contributed by atoms with Crippen LogP contribution < -0.4 is 10.6 Å². The van der Waals surface area contributed by atoms with Crippen LogP contribution in [0.3, 0.4) is 0 Å². The summed E-state index contributed by atoms with van der Waals surface area (Å²) in [5.74, 6) is -0.735. The van der Waals surface area contributed by atoms with Crippen LogP contribution in [0.2, 0.25) is 10.0 Å². The fourth-order valence-electron chi connectivity index (χ4n) is 5.34. The van der Waals surface area contributed by atoms with Gasteiger partial charge in [-0.15, -0.1) is 0 Å². The van der Waals surface area contributed by atoms with Gasteiger partial charge in [0.2, 0.25) is 0 Å². The molecule has 46 heavy (non-hydrogen) atoms. The Balaban J connectivity index is 1.46. The molecule has 0 aliphatic rings. The molecule has 6 nitrogen and oxygen atoms in total. The molecule has 0 atom stereocenters. The minimum atomic E-state index is -0.368. The number of carbonyl (C=O) groups is 2. The van der Waals surface area contributed by atoms with E-state index in [9.17, 15) is 9.59 Å². The zero-order valence-electron chi connectivity index (χ0n) is 24.2. The molecule has 0 aliphatic heterocycles. The largest absolute Gasteiger partial charge is 0.321 e. The van der Waals surface area contributed by atoms with Crippen LogP contribution in [0.25, 0.3) is 44.3 Å². The Hall–Kier alpha value is -5.56. The number of para-hydroxylation sites is 2. The molecule has 0 unspecified atom stereocenters. The molecule has 2 aromatic heterocycles. The first kappa shape index (κ1) is 29.2. The minimum Gasteiger partial charge on any atom is -0.321 e. The molecule has 0 saturated carbocycles. The molecule has 0 fully saturated rings. The third-order valence-corrected chi connectivity index (χ3v) is 8.27. The molecule has 2 heterocycles. The summed E-state index contributed by atoms with van der Waals surface area (Å²) in [6.07, 6.45) is 0. The zero-order valence-corrected chi connectivity index (χ0v) is 25.7. The Labute approximate surface area is 274 Å². The number of hydrogen-bond acceptors (Lipinski definition) is 4. The number of nitrogens with zero attached hydrogens (tertiary/aromatic N) is 2. The summed E-state index contributed by atoms with van der Waals surface area (Å²) in [6, 6.07) is 40.5. The van der Waals surface area contributed by atoms with Crippen molar-refractivity contribution in [1.29, 1.82) is 0 Å². The number of aromatic nitrogens is 2. The highest BCUT2D eigenvalue weighted by molar-refractivity contribution is 6.34. The highest BCUT2D eigenvalue weighted by atomic mass is 35.5. The summed E-state index contributed by atoms with van der Waals surface area (Å²) in [5.41, 5.74) is 5.74. The predicted molar refractivity (Wildman–Crippen MR) is 187 cm³/mol. The molecule has 222 valence electrons. The number of hydrogen-bond donors (Lipinski definition) is 2. The Morgan fingerprint density at radius 3 is 1.28 bits per heavy atom. The Kier molecular flexibility index (Phi) is 7.89. The molecule has 7 rings (SSSR count). The van der Waals surface area contributed by atoms with Crippen LogP contribution in [0.4, 0.5) is 11.4 Å². The van der Waals surface area contributed by atoms with Crippen molar-refractivity contribution in [3.63, 3.8) is 0 Å². The van der Waals surface area contributed by atoms with Crippen LogP contribution in [0, 0.1) is 0 Å². The Bertz CT molecular complexity index is 2120. The SMILES string of the molecule is O=C(Nc1ccccc1Cl)c1cc(-c2ccccc2)nc2cc3nc(-c4ccccc4)cc(C(=O)Nc4ccccc4Cl)c3cc12. The lowest BCUT2D eigenvalue weighted by atomic mass is 9.98. The average molecular weight is 640 g/mol. The van der Waals surface area contributed by atoms with E-state index in [-0.39, 0.29) is 11.8 Å². The van der Waals surface area contributed by atoms with E-state index < -0.39 is 0 Å². The lowest BCUT2D eigenvalue weighted by Crippen LogP contribution is -2.15. The summed E-state index contributed by atoms with van der Waals surface area (Å²) in [6.45, 7) is 0. The first-order chi connectivity index (χ1) is 22.4. The van der Waals surface area contributed by atoms with Gasteiger partial charge in [-0.2, -0.15) is 0 Å². The summed E-state index contributed by atoms with van der Waals surface area (Å²) in [4.78, 5) is 37.8. The molecule has 8 heteroatoms. The minimum absolute atomic E-state index is 0.368. The van der Waals surface area contributed by atoms with Crippen LogP contribution in [-0.2, 0) is 0 Å². The average Bonchev–Trinajstić information content (AvgIpc) is 3.09. The molecule has 0 spiro atoms. The van der Waals surface area contributed by atoms with Gasteiger partial charge in [0.25, 0.3) is 11.8 Å². The molecule has 2 amide bonds. The maximum absolute atomic E-state index is 13.9. The van der Waals surface area contributed by atoms with E-state index in [0.29, 0.717) is 65.7 Å². The van der Waals surface area contributed by atoms with Gasteiger partial charge in [-0.3, -0.25) is 9.59 Å². The van der Waals surface area contributed by atoms with Crippen molar-refractivity contribution < 1.29 is 9.59 Å². The Morgan fingerprint density at radius 2 is 0.870 bits per heavy atom. The van der Waals surface area contributed by atoms with Crippen molar-refractivity contribution >= 4 is 68.2 Å². The number of halogens is 2. The molecule has 2 N–H and O–H groups in total. The number of pyridine rings is 2. The van der Waals surface area contributed by atoms with Crippen molar-refractivity contribution in [3.05, 3.63) is 155 Å². The van der Waals surface area contributed by atoms with E-state index in [1.807, 2.05) is 66.7 Å². The topological polar surface area (TPSA) is 84.0 Å². The lowest BCUT2D eigenvalue weighted by Gasteiger charge is -2.15. The molecular formula is C38H24Cl2N4O2. The third-order valence-electron chi connectivity index (χ3n) is 7.61. The zero-order chi connectivity index (χ0) is 31.6. The summed E-state index contributed by atoms with van der Waals surface area (Å²) >= 11 is 12.8. The third kappa shape index (κ3) is 5.79. The number of benzene rings is 5. The predicted octanol–water partition coefficient (Wildman–Crippen LogP) is 9.93. The van der Waals surface area contributed by atoms with Gasteiger partial charge in [0, 0.05) is 21.9 Å². The van der Waals surface area contributed by atoms with E-state index >= 15 is 0 Å². The molecule has 5 aromatic carbocycles. The number of anilines is 2. The molecular weight excluding hydrogens is 615 g/mol. The number of amides is 2. The quantitative estimate of drug-likeness (QED) is 0.178. The highest BCUT2D eigenvalue weighted by Crippen LogP contribution is 2.33. The molecule has 0 radical (unpaired) electrons. The van der Waals surface area contributed by atoms with Crippen molar-refractivity contribution in [2.24, 2.45) is 0 Å². The molecule has 0 bridgehead atoms. The van der Waals surface area contributed by atoms with E-state index in [1.165, 1.54) is 0 Å². The van der Waals surface area contributed by atoms with Crippen molar-refractivity contribution in [2.45, 2.75) is 0 Å². The highest BCUT2D eigenvalue weighted by Gasteiger charge is 2.20. The number of carbonyl (C=O) groups excluding carboxylic acids is 2. The van der Waals surface area contributed by atoms with Crippen LogP contribution in [-0.4, -0.2) is 21.8 Å². The summed E-state index contributed by atoms with van der Waals surface area (Å²) < 4.78 is 0. The van der Waals surface area contributed by atoms with Gasteiger partial charge < -0.3 is 10.6 Å². The van der Waals surface area contributed by atoms with Gasteiger partial charge in [-0.1, -0.05) is 108 Å². The smallest absolute Gasteiger partial charge is 0.256 e. The summed E-state index contributed by atoms with van der Waals surface area (Å²) in [5, 5.41) is 7.83. The normalized spacial score (nSPS) is 11.0. The fraction of sp³-hybridized carbons (Fsp3) is 0. The van der Waals surface area contributed by atoms with Crippen LogP contribution in [0.15, 0.2) is 133 Å². The van der Waals surface area contributed by atoms with Crippen LogP contribution in [0.5, 0.6) is 0 Å². The second-order valence-corrected chi connectivity index (χ2v) is 11.4. The number of rotatable bonds is 6. The maximum atomic E-state index is 13.9. The van der Waals surface area contributed by atoms with Crippen LogP contribution >= 0.6 is 23.2 Å². The van der Waals surface area contributed by atoms with E-state index in [0.717, 1.165) is 11.1 Å². The van der Waals surface area contributed by atoms with Gasteiger partial charge in [-0.05, 0) is 48.5 Å². The van der Waals surface area contributed by atoms with Gasteiger partial charge in [0.05, 0.1) is 55.0 Å². The Morgan fingerprint density at radius 1 is 0.478 bits per heavy atom. The second kappa shape index (κ2) is 12.4. The van der Waals surface area contributed by atoms with Crippen molar-refractivity contribution in [3.8, 4) is 22.5 Å². The van der Waals surface area contributed by atoms with E-state index in [2.05, 4.69) is 10.6 Å². The molecule has 0 aliphatic carbocycles.